The van der Waals surface area contributed by atoms with Crippen LogP contribution in [0.3, 0.4) is 0 Å². The highest BCUT2D eigenvalue weighted by Gasteiger charge is 2.23. The SMILES string of the molecule is Cc1cccc([C@@H](N)C2CCCC2)n1. The second-order valence-electron chi connectivity index (χ2n) is 4.27. The van der Waals surface area contributed by atoms with Crippen LogP contribution in [0.5, 0.6) is 0 Å². The molecular formula is C12H18N2. The third kappa shape index (κ3) is 1.95. The first-order chi connectivity index (χ1) is 6.77. The molecule has 1 aromatic heterocycles. The van der Waals surface area contributed by atoms with Crippen molar-refractivity contribution in [2.24, 2.45) is 11.7 Å². The largest absolute Gasteiger partial charge is 0.322 e. The fraction of sp³-hybridized carbons (Fsp3) is 0.583. The molecule has 76 valence electrons. The summed E-state index contributed by atoms with van der Waals surface area (Å²) in [5.41, 5.74) is 8.34. The van der Waals surface area contributed by atoms with Gasteiger partial charge >= 0.3 is 0 Å². The van der Waals surface area contributed by atoms with Crippen molar-refractivity contribution in [3.8, 4) is 0 Å². The zero-order chi connectivity index (χ0) is 9.97. The molecule has 2 rings (SSSR count). The standard InChI is InChI=1S/C12H18N2/c1-9-5-4-8-11(14-9)12(13)10-6-2-3-7-10/h4-5,8,10,12H,2-3,6-7,13H2,1H3/t12-/m0/s1. The van der Waals surface area contributed by atoms with Gasteiger partial charge in [-0.25, -0.2) is 0 Å². The number of aromatic nitrogens is 1. The second kappa shape index (κ2) is 4.09. The summed E-state index contributed by atoms with van der Waals surface area (Å²) in [7, 11) is 0. The fourth-order valence-electron chi connectivity index (χ4n) is 2.31. The van der Waals surface area contributed by atoms with E-state index in [0.29, 0.717) is 5.92 Å². The van der Waals surface area contributed by atoms with Crippen molar-refractivity contribution >= 4 is 0 Å². The number of nitrogens with two attached hydrogens (primary N) is 1. The number of pyridine rings is 1. The van der Waals surface area contributed by atoms with Crippen molar-refractivity contribution in [2.75, 3.05) is 0 Å². The normalized spacial score (nSPS) is 19.9. The van der Waals surface area contributed by atoms with Gasteiger partial charge < -0.3 is 5.73 Å². The Kier molecular flexibility index (Phi) is 2.82. The number of nitrogens with zero attached hydrogens (tertiary/aromatic N) is 1. The topological polar surface area (TPSA) is 38.9 Å². The molecule has 1 heterocycles. The van der Waals surface area contributed by atoms with Gasteiger partial charge in [0, 0.05) is 11.7 Å². The first kappa shape index (κ1) is 9.66. The zero-order valence-corrected chi connectivity index (χ0v) is 8.74. The summed E-state index contributed by atoms with van der Waals surface area (Å²) < 4.78 is 0. The van der Waals surface area contributed by atoms with Crippen LogP contribution >= 0.6 is 0 Å². The molecule has 1 fully saturated rings. The zero-order valence-electron chi connectivity index (χ0n) is 8.74. The Morgan fingerprint density at radius 3 is 2.71 bits per heavy atom. The van der Waals surface area contributed by atoms with Crippen LogP contribution in [0.1, 0.15) is 43.1 Å². The van der Waals surface area contributed by atoms with Crippen LogP contribution in [0.4, 0.5) is 0 Å². The van der Waals surface area contributed by atoms with E-state index in [2.05, 4.69) is 11.1 Å². The Hall–Kier alpha value is -0.890. The highest BCUT2D eigenvalue weighted by Crippen LogP contribution is 2.33. The van der Waals surface area contributed by atoms with Crippen molar-refractivity contribution in [3.05, 3.63) is 29.6 Å². The predicted molar refractivity (Wildman–Crippen MR) is 57.9 cm³/mol. The van der Waals surface area contributed by atoms with Crippen LogP contribution in [-0.4, -0.2) is 4.98 Å². The molecule has 0 unspecified atom stereocenters. The van der Waals surface area contributed by atoms with E-state index in [1.54, 1.807) is 0 Å². The molecule has 2 nitrogen and oxygen atoms in total. The molecule has 1 aromatic rings. The molecular weight excluding hydrogens is 172 g/mol. The Morgan fingerprint density at radius 2 is 2.07 bits per heavy atom. The highest BCUT2D eigenvalue weighted by molar-refractivity contribution is 5.14. The summed E-state index contributed by atoms with van der Waals surface area (Å²) in [5.74, 6) is 0.657. The highest BCUT2D eigenvalue weighted by atomic mass is 14.8. The molecule has 0 radical (unpaired) electrons. The summed E-state index contributed by atoms with van der Waals surface area (Å²) in [6, 6.07) is 6.27. The molecule has 2 N–H and O–H groups in total. The van der Waals surface area contributed by atoms with Crippen molar-refractivity contribution in [3.63, 3.8) is 0 Å². The molecule has 1 aliphatic rings. The lowest BCUT2D eigenvalue weighted by atomic mass is 9.96. The number of hydrogen-bond donors (Lipinski definition) is 1. The number of aryl methyl sites for hydroxylation is 1. The van der Waals surface area contributed by atoms with Crippen LogP contribution in [0.25, 0.3) is 0 Å². The van der Waals surface area contributed by atoms with Gasteiger partial charge in [-0.2, -0.15) is 0 Å². The second-order valence-corrected chi connectivity index (χ2v) is 4.27. The van der Waals surface area contributed by atoms with Gasteiger partial charge in [-0.1, -0.05) is 18.9 Å². The van der Waals surface area contributed by atoms with E-state index in [0.717, 1.165) is 11.4 Å². The third-order valence-corrected chi connectivity index (χ3v) is 3.16. The molecule has 0 aliphatic heterocycles. The number of hydrogen-bond acceptors (Lipinski definition) is 2. The molecule has 0 amide bonds. The summed E-state index contributed by atoms with van der Waals surface area (Å²) in [6.07, 6.45) is 5.22. The maximum Gasteiger partial charge on any atom is 0.0577 e. The molecule has 2 heteroatoms. The fourth-order valence-corrected chi connectivity index (χ4v) is 2.31. The van der Waals surface area contributed by atoms with Crippen molar-refractivity contribution in [1.29, 1.82) is 0 Å². The smallest absolute Gasteiger partial charge is 0.0577 e. The van der Waals surface area contributed by atoms with E-state index in [4.69, 9.17) is 5.73 Å². The summed E-state index contributed by atoms with van der Waals surface area (Å²) in [5, 5.41) is 0. The summed E-state index contributed by atoms with van der Waals surface area (Å²) in [4.78, 5) is 4.49. The molecule has 0 bridgehead atoms. The predicted octanol–water partition coefficient (Wildman–Crippen LogP) is 2.58. The first-order valence-corrected chi connectivity index (χ1v) is 5.46. The maximum atomic E-state index is 6.21. The molecule has 1 atom stereocenters. The number of rotatable bonds is 2. The molecule has 0 spiro atoms. The van der Waals surface area contributed by atoms with Gasteiger partial charge in [0.25, 0.3) is 0 Å². The van der Waals surface area contributed by atoms with E-state index in [9.17, 15) is 0 Å². The molecule has 1 aliphatic carbocycles. The van der Waals surface area contributed by atoms with E-state index in [-0.39, 0.29) is 6.04 Å². The van der Waals surface area contributed by atoms with E-state index in [1.807, 2.05) is 19.1 Å². The van der Waals surface area contributed by atoms with Crippen LogP contribution in [-0.2, 0) is 0 Å². The minimum Gasteiger partial charge on any atom is -0.322 e. The molecule has 14 heavy (non-hydrogen) atoms. The van der Waals surface area contributed by atoms with Gasteiger partial charge in [-0.05, 0) is 37.8 Å². The van der Waals surface area contributed by atoms with Gasteiger partial charge in [0.15, 0.2) is 0 Å². The average Bonchev–Trinajstić information content (AvgIpc) is 2.69. The van der Waals surface area contributed by atoms with Crippen molar-refractivity contribution in [1.82, 2.24) is 4.98 Å². The lowest BCUT2D eigenvalue weighted by Crippen LogP contribution is -2.20. The van der Waals surface area contributed by atoms with Crippen molar-refractivity contribution < 1.29 is 0 Å². The Balaban J connectivity index is 2.13. The minimum absolute atomic E-state index is 0.150. The maximum absolute atomic E-state index is 6.21. The Labute approximate surface area is 85.5 Å². The van der Waals surface area contributed by atoms with Crippen LogP contribution in [0, 0.1) is 12.8 Å². The van der Waals surface area contributed by atoms with Crippen LogP contribution in [0.15, 0.2) is 18.2 Å². The van der Waals surface area contributed by atoms with E-state index < -0.39 is 0 Å². The summed E-state index contributed by atoms with van der Waals surface area (Å²) >= 11 is 0. The third-order valence-electron chi connectivity index (χ3n) is 3.16. The van der Waals surface area contributed by atoms with Gasteiger partial charge in [0.1, 0.15) is 0 Å². The van der Waals surface area contributed by atoms with Crippen LogP contribution < -0.4 is 5.73 Å². The quantitative estimate of drug-likeness (QED) is 0.778. The minimum atomic E-state index is 0.150. The van der Waals surface area contributed by atoms with Crippen LogP contribution in [0.2, 0.25) is 0 Å². The Bertz CT molecular complexity index is 303. The molecule has 0 saturated heterocycles. The molecule has 0 aromatic carbocycles. The first-order valence-electron chi connectivity index (χ1n) is 5.46. The molecule has 1 saturated carbocycles. The lowest BCUT2D eigenvalue weighted by Gasteiger charge is -2.18. The van der Waals surface area contributed by atoms with E-state index >= 15 is 0 Å². The Morgan fingerprint density at radius 1 is 1.36 bits per heavy atom. The average molecular weight is 190 g/mol. The van der Waals surface area contributed by atoms with Crippen molar-refractivity contribution in [2.45, 2.75) is 38.6 Å². The monoisotopic (exact) mass is 190 g/mol. The van der Waals surface area contributed by atoms with E-state index in [1.165, 1.54) is 25.7 Å². The van der Waals surface area contributed by atoms with Gasteiger partial charge in [-0.3, -0.25) is 4.98 Å². The van der Waals surface area contributed by atoms with Gasteiger partial charge in [0.05, 0.1) is 5.69 Å². The van der Waals surface area contributed by atoms with Gasteiger partial charge in [-0.15, -0.1) is 0 Å². The summed E-state index contributed by atoms with van der Waals surface area (Å²) in [6.45, 7) is 2.02. The van der Waals surface area contributed by atoms with Gasteiger partial charge in [0.2, 0.25) is 0 Å². The lowest BCUT2D eigenvalue weighted by molar-refractivity contribution is 0.436.